The summed E-state index contributed by atoms with van der Waals surface area (Å²) < 4.78 is 3.16. The number of fused-ring (bicyclic) bond motifs is 1. The monoisotopic (exact) mass is 311 g/mol. The summed E-state index contributed by atoms with van der Waals surface area (Å²) >= 11 is 0. The number of aliphatic carboxylic acids is 1. The molecule has 0 spiro atoms. The van der Waals surface area contributed by atoms with Crippen LogP contribution in [0.5, 0.6) is 0 Å². The van der Waals surface area contributed by atoms with Gasteiger partial charge in [-0.15, -0.1) is 0 Å². The number of hydrogen-bond donors (Lipinski definition) is 1. The van der Waals surface area contributed by atoms with E-state index >= 15 is 0 Å². The van der Waals surface area contributed by atoms with Crippen LogP contribution in [0.15, 0.2) is 41.2 Å². The molecule has 0 aliphatic rings. The van der Waals surface area contributed by atoms with Crippen LogP contribution in [0.4, 0.5) is 0 Å². The highest BCUT2D eigenvalue weighted by Crippen LogP contribution is 2.33. The van der Waals surface area contributed by atoms with Crippen LogP contribution in [0.25, 0.3) is 22.2 Å². The summed E-state index contributed by atoms with van der Waals surface area (Å²) in [6.07, 6.45) is 0. The molecule has 0 unspecified atom stereocenters. The molecule has 3 rings (SSSR count). The van der Waals surface area contributed by atoms with Crippen LogP contribution in [-0.2, 0) is 17.9 Å². The number of aromatic nitrogens is 3. The fourth-order valence-corrected chi connectivity index (χ4v) is 2.90. The van der Waals surface area contributed by atoms with Crippen molar-refractivity contribution in [3.63, 3.8) is 0 Å². The highest BCUT2D eigenvalue weighted by atomic mass is 16.4. The van der Waals surface area contributed by atoms with Crippen LogP contribution >= 0.6 is 0 Å². The van der Waals surface area contributed by atoms with Gasteiger partial charge in [-0.2, -0.15) is 5.10 Å². The third kappa shape index (κ3) is 2.52. The van der Waals surface area contributed by atoms with E-state index in [2.05, 4.69) is 5.10 Å². The zero-order chi connectivity index (χ0) is 16.6. The Bertz CT molecular complexity index is 953. The molecule has 2 aromatic heterocycles. The van der Waals surface area contributed by atoms with Crippen LogP contribution in [0.1, 0.15) is 12.6 Å². The Kier molecular flexibility index (Phi) is 3.73. The summed E-state index contributed by atoms with van der Waals surface area (Å²) in [5, 5.41) is 14.5. The number of rotatable bonds is 4. The topological polar surface area (TPSA) is 77.1 Å². The van der Waals surface area contributed by atoms with E-state index in [9.17, 15) is 9.59 Å². The van der Waals surface area contributed by atoms with Gasteiger partial charge in [-0.25, -0.2) is 4.68 Å². The largest absolute Gasteiger partial charge is 0.480 e. The molecule has 0 aliphatic heterocycles. The van der Waals surface area contributed by atoms with Gasteiger partial charge < -0.3 is 9.67 Å². The molecule has 0 radical (unpaired) electrons. The molecule has 6 nitrogen and oxygen atoms in total. The standard InChI is InChI=1S/C17H17N3O3/c1-3-20-15(21)9-8-13(18-20)17-11(2)19(10-16(22)23)14-7-5-4-6-12(14)17/h4-9H,3,10H2,1-2H3,(H,22,23). The van der Waals surface area contributed by atoms with Gasteiger partial charge in [0.05, 0.1) is 5.69 Å². The molecule has 23 heavy (non-hydrogen) atoms. The minimum absolute atomic E-state index is 0.111. The van der Waals surface area contributed by atoms with Crippen molar-refractivity contribution in [1.82, 2.24) is 14.3 Å². The first-order valence-electron chi connectivity index (χ1n) is 7.41. The van der Waals surface area contributed by atoms with E-state index in [0.717, 1.165) is 22.2 Å². The SMILES string of the molecule is CCn1nc(-c2c(C)n(CC(=O)O)c3ccccc23)ccc1=O. The molecule has 0 aliphatic carbocycles. The van der Waals surface area contributed by atoms with Gasteiger partial charge in [-0.1, -0.05) is 18.2 Å². The summed E-state index contributed by atoms with van der Waals surface area (Å²) in [6.45, 7) is 4.11. The zero-order valence-corrected chi connectivity index (χ0v) is 13.0. The first-order valence-corrected chi connectivity index (χ1v) is 7.41. The second-order valence-electron chi connectivity index (χ2n) is 5.33. The molecule has 0 amide bonds. The van der Waals surface area contributed by atoms with E-state index in [-0.39, 0.29) is 12.1 Å². The molecular weight excluding hydrogens is 294 g/mol. The van der Waals surface area contributed by atoms with Crippen molar-refractivity contribution in [1.29, 1.82) is 0 Å². The summed E-state index contributed by atoms with van der Waals surface area (Å²) in [4.78, 5) is 22.9. The average Bonchev–Trinajstić information content (AvgIpc) is 2.80. The van der Waals surface area contributed by atoms with Crippen LogP contribution < -0.4 is 5.56 Å². The van der Waals surface area contributed by atoms with Crippen molar-refractivity contribution in [2.45, 2.75) is 26.9 Å². The molecule has 2 heterocycles. The van der Waals surface area contributed by atoms with Crippen molar-refractivity contribution >= 4 is 16.9 Å². The molecular formula is C17H17N3O3. The Hall–Kier alpha value is -2.89. The lowest BCUT2D eigenvalue weighted by molar-refractivity contribution is -0.137. The molecule has 3 aromatic rings. The van der Waals surface area contributed by atoms with Gasteiger partial charge in [0.2, 0.25) is 0 Å². The van der Waals surface area contributed by atoms with Gasteiger partial charge in [0, 0.05) is 34.8 Å². The number of para-hydroxylation sites is 1. The number of aryl methyl sites for hydroxylation is 1. The van der Waals surface area contributed by atoms with E-state index in [0.29, 0.717) is 12.2 Å². The van der Waals surface area contributed by atoms with E-state index in [1.54, 1.807) is 10.6 Å². The number of carboxylic acid groups (broad SMARTS) is 1. The Labute approximate surface area is 132 Å². The lowest BCUT2D eigenvalue weighted by Crippen LogP contribution is -2.21. The molecule has 0 atom stereocenters. The smallest absolute Gasteiger partial charge is 0.323 e. The maximum Gasteiger partial charge on any atom is 0.323 e. The first kappa shape index (κ1) is 15.0. The summed E-state index contributed by atoms with van der Waals surface area (Å²) in [5.74, 6) is -0.896. The third-order valence-corrected chi connectivity index (χ3v) is 3.95. The number of nitrogens with zero attached hydrogens (tertiary/aromatic N) is 3. The predicted octanol–water partition coefficient (Wildman–Crippen LogP) is 2.28. The summed E-state index contributed by atoms with van der Waals surface area (Å²) in [5.41, 5.74) is 3.05. The highest BCUT2D eigenvalue weighted by Gasteiger charge is 2.18. The van der Waals surface area contributed by atoms with Crippen molar-refractivity contribution < 1.29 is 9.90 Å². The quantitative estimate of drug-likeness (QED) is 0.802. The number of benzene rings is 1. The maximum absolute atomic E-state index is 11.8. The molecule has 1 aromatic carbocycles. The second kappa shape index (κ2) is 5.72. The summed E-state index contributed by atoms with van der Waals surface area (Å²) in [6, 6.07) is 10.8. The van der Waals surface area contributed by atoms with Gasteiger partial charge in [0.1, 0.15) is 6.54 Å². The minimum atomic E-state index is -0.896. The second-order valence-corrected chi connectivity index (χ2v) is 5.33. The zero-order valence-electron chi connectivity index (χ0n) is 13.0. The normalized spacial score (nSPS) is 11.0. The van der Waals surface area contributed by atoms with Crippen molar-refractivity contribution in [2.75, 3.05) is 0 Å². The molecule has 0 saturated heterocycles. The van der Waals surface area contributed by atoms with E-state index in [1.807, 2.05) is 38.1 Å². The molecule has 0 bridgehead atoms. The van der Waals surface area contributed by atoms with E-state index in [1.165, 1.54) is 10.7 Å². The van der Waals surface area contributed by atoms with Crippen LogP contribution in [-0.4, -0.2) is 25.4 Å². The van der Waals surface area contributed by atoms with Crippen molar-refractivity contribution in [2.24, 2.45) is 0 Å². The lowest BCUT2D eigenvalue weighted by Gasteiger charge is -2.07. The van der Waals surface area contributed by atoms with Gasteiger partial charge in [-0.3, -0.25) is 9.59 Å². The Morgan fingerprint density at radius 2 is 1.96 bits per heavy atom. The molecule has 1 N–H and O–H groups in total. The number of carboxylic acids is 1. The molecule has 0 fully saturated rings. The van der Waals surface area contributed by atoms with Crippen molar-refractivity contribution in [3.8, 4) is 11.3 Å². The Morgan fingerprint density at radius 3 is 2.65 bits per heavy atom. The van der Waals surface area contributed by atoms with Crippen molar-refractivity contribution in [3.05, 3.63) is 52.4 Å². The molecule has 118 valence electrons. The minimum Gasteiger partial charge on any atom is -0.480 e. The molecule has 6 heteroatoms. The first-order chi connectivity index (χ1) is 11.0. The lowest BCUT2D eigenvalue weighted by atomic mass is 10.1. The average molecular weight is 311 g/mol. The van der Waals surface area contributed by atoms with Crippen LogP contribution in [0.2, 0.25) is 0 Å². The fraction of sp³-hybridized carbons (Fsp3) is 0.235. The van der Waals surface area contributed by atoms with Gasteiger partial charge >= 0.3 is 5.97 Å². The van der Waals surface area contributed by atoms with Gasteiger partial charge in [0.25, 0.3) is 5.56 Å². The van der Waals surface area contributed by atoms with Crippen LogP contribution in [0, 0.1) is 6.92 Å². The van der Waals surface area contributed by atoms with Gasteiger partial charge in [0.15, 0.2) is 0 Å². The van der Waals surface area contributed by atoms with E-state index in [4.69, 9.17) is 5.11 Å². The Balaban J connectivity index is 2.31. The van der Waals surface area contributed by atoms with Gasteiger partial charge in [-0.05, 0) is 26.0 Å². The number of carbonyl (C=O) groups is 1. The maximum atomic E-state index is 11.8. The Morgan fingerprint density at radius 1 is 1.22 bits per heavy atom. The van der Waals surface area contributed by atoms with E-state index < -0.39 is 5.97 Å². The fourth-order valence-electron chi connectivity index (χ4n) is 2.90. The van der Waals surface area contributed by atoms with Crippen LogP contribution in [0.3, 0.4) is 0 Å². The highest BCUT2D eigenvalue weighted by molar-refractivity contribution is 5.97. The third-order valence-electron chi connectivity index (χ3n) is 3.95. The number of hydrogen-bond acceptors (Lipinski definition) is 3. The summed E-state index contributed by atoms with van der Waals surface area (Å²) in [7, 11) is 0. The molecule has 0 saturated carbocycles. The predicted molar refractivity (Wildman–Crippen MR) is 87.5 cm³/mol.